The number of nitrogens with zero attached hydrogens (tertiary/aromatic N) is 4. The predicted molar refractivity (Wildman–Crippen MR) is 111 cm³/mol. The van der Waals surface area contributed by atoms with Gasteiger partial charge in [0, 0.05) is 17.5 Å². The molecule has 1 saturated carbocycles. The highest BCUT2D eigenvalue weighted by molar-refractivity contribution is 6.32. The minimum atomic E-state index is -0.219. The number of fused-ring (bicyclic) bond motifs is 1. The Morgan fingerprint density at radius 2 is 1.97 bits per heavy atom. The second kappa shape index (κ2) is 7.19. The SMILES string of the molecule is COc1ccc(Cl)c2c1N(C(=O)c1nc(C3CC3)n(-c3ccccc3)n1)CCC2. The maximum atomic E-state index is 13.5. The Morgan fingerprint density at radius 3 is 2.69 bits per heavy atom. The Hall–Kier alpha value is -2.86. The topological polar surface area (TPSA) is 60.2 Å². The molecule has 0 N–H and O–H groups in total. The minimum Gasteiger partial charge on any atom is -0.495 e. The summed E-state index contributed by atoms with van der Waals surface area (Å²) in [7, 11) is 1.61. The summed E-state index contributed by atoms with van der Waals surface area (Å²) in [6.07, 6.45) is 3.80. The Kier molecular flexibility index (Phi) is 4.51. The van der Waals surface area contributed by atoms with Gasteiger partial charge in [0.05, 0.1) is 18.5 Å². The molecule has 0 bridgehead atoms. The van der Waals surface area contributed by atoms with E-state index in [1.165, 1.54) is 0 Å². The first-order valence-corrected chi connectivity index (χ1v) is 10.2. The highest BCUT2D eigenvalue weighted by atomic mass is 35.5. The largest absolute Gasteiger partial charge is 0.495 e. The molecule has 1 aromatic heterocycles. The van der Waals surface area contributed by atoms with Crippen LogP contribution in [0.15, 0.2) is 42.5 Å². The molecular formula is C22H21ClN4O2. The van der Waals surface area contributed by atoms with E-state index in [1.807, 2.05) is 41.1 Å². The Bertz CT molecular complexity index is 1080. The van der Waals surface area contributed by atoms with Crippen molar-refractivity contribution < 1.29 is 9.53 Å². The van der Waals surface area contributed by atoms with Gasteiger partial charge in [0.15, 0.2) is 0 Å². The molecule has 0 atom stereocenters. The molecule has 7 heteroatoms. The molecule has 0 saturated heterocycles. The number of carbonyl (C=O) groups is 1. The average molecular weight is 409 g/mol. The van der Waals surface area contributed by atoms with Crippen molar-refractivity contribution in [3.63, 3.8) is 0 Å². The van der Waals surface area contributed by atoms with Crippen LogP contribution in [0.1, 0.15) is 47.2 Å². The number of anilines is 1. The van der Waals surface area contributed by atoms with Crippen molar-refractivity contribution in [3.8, 4) is 11.4 Å². The lowest BCUT2D eigenvalue weighted by atomic mass is 10.0. The number of hydrogen-bond acceptors (Lipinski definition) is 4. The van der Waals surface area contributed by atoms with Crippen molar-refractivity contribution in [2.24, 2.45) is 0 Å². The predicted octanol–water partition coefficient (Wildman–Crippen LogP) is 4.40. The smallest absolute Gasteiger partial charge is 0.298 e. The van der Waals surface area contributed by atoms with E-state index in [4.69, 9.17) is 16.3 Å². The maximum absolute atomic E-state index is 13.5. The number of carbonyl (C=O) groups excluding carboxylic acids is 1. The highest BCUT2D eigenvalue weighted by Gasteiger charge is 2.34. The Labute approximate surface area is 174 Å². The van der Waals surface area contributed by atoms with Crippen LogP contribution in [0.3, 0.4) is 0 Å². The van der Waals surface area contributed by atoms with Gasteiger partial charge in [-0.05, 0) is 55.5 Å². The van der Waals surface area contributed by atoms with E-state index < -0.39 is 0 Å². The van der Waals surface area contributed by atoms with E-state index in [0.717, 1.165) is 48.4 Å². The fourth-order valence-corrected chi connectivity index (χ4v) is 4.16. The van der Waals surface area contributed by atoms with Crippen LogP contribution >= 0.6 is 11.6 Å². The van der Waals surface area contributed by atoms with Gasteiger partial charge in [0.25, 0.3) is 5.91 Å². The van der Waals surface area contributed by atoms with Crippen molar-refractivity contribution >= 4 is 23.2 Å². The van der Waals surface area contributed by atoms with Crippen LogP contribution in [0.25, 0.3) is 5.69 Å². The fourth-order valence-electron chi connectivity index (χ4n) is 3.92. The summed E-state index contributed by atoms with van der Waals surface area (Å²) in [6.45, 7) is 0.584. The van der Waals surface area contributed by atoms with Crippen molar-refractivity contribution in [2.75, 3.05) is 18.6 Å². The lowest BCUT2D eigenvalue weighted by Gasteiger charge is -2.30. The van der Waals surface area contributed by atoms with Gasteiger partial charge < -0.3 is 9.64 Å². The fraction of sp³-hybridized carbons (Fsp3) is 0.318. The quantitative estimate of drug-likeness (QED) is 0.642. The molecule has 1 amide bonds. The maximum Gasteiger partial charge on any atom is 0.298 e. The molecular weight excluding hydrogens is 388 g/mol. The summed E-state index contributed by atoms with van der Waals surface area (Å²) in [5.41, 5.74) is 2.59. The number of amides is 1. The van der Waals surface area contributed by atoms with Gasteiger partial charge in [0.2, 0.25) is 5.82 Å². The zero-order chi connectivity index (χ0) is 20.0. The van der Waals surface area contributed by atoms with Crippen LogP contribution in [0.4, 0.5) is 5.69 Å². The number of para-hydroxylation sites is 1. The molecule has 6 nitrogen and oxygen atoms in total. The summed E-state index contributed by atoms with van der Waals surface area (Å²) in [4.78, 5) is 19.8. The zero-order valence-electron chi connectivity index (χ0n) is 16.1. The number of halogens is 1. The molecule has 1 aliphatic heterocycles. The van der Waals surface area contributed by atoms with Gasteiger partial charge >= 0.3 is 0 Å². The molecule has 0 spiro atoms. The average Bonchev–Trinajstić information content (AvgIpc) is 3.52. The molecule has 0 unspecified atom stereocenters. The van der Waals surface area contributed by atoms with Gasteiger partial charge in [-0.3, -0.25) is 4.79 Å². The van der Waals surface area contributed by atoms with Crippen LogP contribution in [-0.2, 0) is 6.42 Å². The normalized spacial score (nSPS) is 15.9. The summed E-state index contributed by atoms with van der Waals surface area (Å²) in [5, 5.41) is 5.26. The third-order valence-electron chi connectivity index (χ3n) is 5.50. The van der Waals surface area contributed by atoms with E-state index >= 15 is 0 Å². The molecule has 1 fully saturated rings. The third kappa shape index (κ3) is 3.17. The molecule has 2 aromatic carbocycles. The van der Waals surface area contributed by atoms with Crippen molar-refractivity contribution in [2.45, 2.75) is 31.6 Å². The van der Waals surface area contributed by atoms with Crippen LogP contribution in [0.5, 0.6) is 5.75 Å². The van der Waals surface area contributed by atoms with Gasteiger partial charge in [-0.25, -0.2) is 9.67 Å². The first-order valence-electron chi connectivity index (χ1n) is 9.87. The molecule has 0 radical (unpaired) electrons. The molecule has 29 heavy (non-hydrogen) atoms. The third-order valence-corrected chi connectivity index (χ3v) is 5.85. The number of aromatic nitrogens is 3. The first-order chi connectivity index (χ1) is 14.2. The molecule has 2 heterocycles. The Morgan fingerprint density at radius 1 is 1.17 bits per heavy atom. The second-order valence-corrected chi connectivity index (χ2v) is 7.86. The van der Waals surface area contributed by atoms with Gasteiger partial charge in [-0.15, -0.1) is 5.10 Å². The summed E-state index contributed by atoms with van der Waals surface area (Å²) in [5.74, 6) is 1.85. The van der Waals surface area contributed by atoms with Crippen LogP contribution in [0.2, 0.25) is 5.02 Å². The Balaban J connectivity index is 1.57. The monoisotopic (exact) mass is 408 g/mol. The minimum absolute atomic E-state index is 0.214. The summed E-state index contributed by atoms with van der Waals surface area (Å²) < 4.78 is 7.34. The number of rotatable bonds is 4. The van der Waals surface area contributed by atoms with Crippen molar-refractivity contribution in [1.29, 1.82) is 0 Å². The van der Waals surface area contributed by atoms with E-state index in [1.54, 1.807) is 18.1 Å². The van der Waals surface area contributed by atoms with Gasteiger partial charge in [-0.2, -0.15) is 0 Å². The number of ether oxygens (including phenoxy) is 1. The molecule has 3 aromatic rings. The number of methoxy groups -OCH3 is 1. The van der Waals surface area contributed by atoms with Gasteiger partial charge in [0.1, 0.15) is 11.6 Å². The standard InChI is InChI=1S/C22H21ClN4O2/c1-29-18-12-11-17(23)16-8-5-13-26(19(16)18)22(28)20-24-21(14-9-10-14)27(25-20)15-6-3-2-4-7-15/h2-4,6-7,11-12,14H,5,8-10,13H2,1H3. The lowest BCUT2D eigenvalue weighted by molar-refractivity contribution is 0.0974. The summed E-state index contributed by atoms with van der Waals surface area (Å²) in [6, 6.07) is 13.5. The molecule has 1 aliphatic carbocycles. The van der Waals surface area contributed by atoms with E-state index in [-0.39, 0.29) is 11.7 Å². The van der Waals surface area contributed by atoms with Crippen molar-refractivity contribution in [3.05, 3.63) is 64.7 Å². The van der Waals surface area contributed by atoms with Crippen LogP contribution < -0.4 is 9.64 Å². The van der Waals surface area contributed by atoms with Gasteiger partial charge in [-0.1, -0.05) is 29.8 Å². The first kappa shape index (κ1) is 18.2. The second-order valence-electron chi connectivity index (χ2n) is 7.45. The number of hydrogen-bond donors (Lipinski definition) is 0. The molecule has 148 valence electrons. The van der Waals surface area contributed by atoms with E-state index in [9.17, 15) is 4.79 Å². The van der Waals surface area contributed by atoms with Crippen LogP contribution in [-0.4, -0.2) is 34.3 Å². The number of benzene rings is 2. The summed E-state index contributed by atoms with van der Waals surface area (Å²) >= 11 is 6.42. The van der Waals surface area contributed by atoms with Crippen molar-refractivity contribution in [1.82, 2.24) is 14.8 Å². The molecule has 5 rings (SSSR count). The van der Waals surface area contributed by atoms with E-state index in [0.29, 0.717) is 23.2 Å². The van der Waals surface area contributed by atoms with E-state index in [2.05, 4.69) is 10.1 Å². The van der Waals surface area contributed by atoms with Crippen LogP contribution in [0, 0.1) is 0 Å². The lowest BCUT2D eigenvalue weighted by Crippen LogP contribution is -2.36. The molecule has 2 aliphatic rings. The zero-order valence-corrected chi connectivity index (χ0v) is 16.9. The highest BCUT2D eigenvalue weighted by Crippen LogP contribution is 2.42.